The van der Waals surface area contributed by atoms with Crippen LogP contribution in [-0.2, 0) is 14.6 Å². The Kier molecular flexibility index (Phi) is 5.17. The van der Waals surface area contributed by atoms with Crippen molar-refractivity contribution in [2.24, 2.45) is 0 Å². The van der Waals surface area contributed by atoms with Gasteiger partial charge in [-0.2, -0.15) is 0 Å². The topological polar surface area (TPSA) is 85.4 Å². The molecule has 0 bridgehead atoms. The second kappa shape index (κ2) is 6.89. The standard InChI is InChI=1S/C14H20N2O4S/c1-20-14-12(7-4-9-15-14)16-13(17)8-10-21(18,19)11-5-2-3-6-11/h4,7,9,11H,2-3,5-6,8,10H2,1H3,(H,16,17). The van der Waals surface area contributed by atoms with Crippen LogP contribution in [0.5, 0.6) is 5.88 Å². The highest BCUT2D eigenvalue weighted by molar-refractivity contribution is 7.92. The molecule has 1 aliphatic rings. The molecule has 1 saturated carbocycles. The number of ether oxygens (including phenoxy) is 1. The Morgan fingerprint density at radius 3 is 2.81 bits per heavy atom. The van der Waals surface area contributed by atoms with Gasteiger partial charge in [-0.3, -0.25) is 4.79 Å². The molecule has 116 valence electrons. The molecule has 0 aliphatic heterocycles. The van der Waals surface area contributed by atoms with Gasteiger partial charge in [0.05, 0.1) is 18.1 Å². The highest BCUT2D eigenvalue weighted by Gasteiger charge is 2.28. The zero-order valence-corrected chi connectivity index (χ0v) is 12.9. The second-order valence-corrected chi connectivity index (χ2v) is 7.53. The van der Waals surface area contributed by atoms with Crippen LogP contribution in [0.3, 0.4) is 0 Å². The summed E-state index contributed by atoms with van der Waals surface area (Å²) < 4.78 is 29.2. The fourth-order valence-electron chi connectivity index (χ4n) is 2.51. The number of nitrogens with zero attached hydrogens (tertiary/aromatic N) is 1. The molecule has 0 saturated heterocycles. The Balaban J connectivity index is 1.90. The van der Waals surface area contributed by atoms with Crippen LogP contribution in [0.25, 0.3) is 0 Å². The normalized spacial score (nSPS) is 15.9. The molecule has 1 aromatic rings. The third-order valence-corrected chi connectivity index (χ3v) is 5.92. The van der Waals surface area contributed by atoms with Crippen LogP contribution in [0.1, 0.15) is 32.1 Å². The molecule has 21 heavy (non-hydrogen) atoms. The van der Waals surface area contributed by atoms with Crippen molar-refractivity contribution in [3.05, 3.63) is 18.3 Å². The molecular weight excluding hydrogens is 292 g/mol. The molecule has 7 heteroatoms. The van der Waals surface area contributed by atoms with Crippen LogP contribution in [0, 0.1) is 0 Å². The molecule has 0 spiro atoms. The Labute approximate surface area is 124 Å². The summed E-state index contributed by atoms with van der Waals surface area (Å²) in [6.07, 6.45) is 4.88. The average Bonchev–Trinajstić information content (AvgIpc) is 3.01. The summed E-state index contributed by atoms with van der Waals surface area (Å²) in [5.41, 5.74) is 0.447. The molecule has 0 unspecified atom stereocenters. The molecule has 1 N–H and O–H groups in total. The lowest BCUT2D eigenvalue weighted by Crippen LogP contribution is -2.24. The minimum Gasteiger partial charge on any atom is -0.480 e. The van der Waals surface area contributed by atoms with E-state index in [1.165, 1.54) is 7.11 Å². The van der Waals surface area contributed by atoms with Gasteiger partial charge in [0.2, 0.25) is 11.8 Å². The number of carbonyl (C=O) groups excluding carboxylic acids is 1. The number of rotatable bonds is 6. The SMILES string of the molecule is COc1ncccc1NC(=O)CCS(=O)(=O)C1CCCC1. The van der Waals surface area contributed by atoms with E-state index in [1.54, 1.807) is 18.3 Å². The van der Waals surface area contributed by atoms with E-state index in [-0.39, 0.29) is 23.3 Å². The van der Waals surface area contributed by atoms with Crippen LogP contribution >= 0.6 is 0 Å². The smallest absolute Gasteiger partial charge is 0.237 e. The maximum Gasteiger partial charge on any atom is 0.237 e. The van der Waals surface area contributed by atoms with E-state index in [0.717, 1.165) is 25.7 Å². The van der Waals surface area contributed by atoms with Gasteiger partial charge in [0.1, 0.15) is 5.69 Å². The summed E-state index contributed by atoms with van der Waals surface area (Å²) in [6, 6.07) is 3.34. The highest BCUT2D eigenvalue weighted by atomic mass is 32.2. The van der Waals surface area contributed by atoms with Gasteiger partial charge in [-0.05, 0) is 25.0 Å². The molecule has 2 rings (SSSR count). The van der Waals surface area contributed by atoms with Crippen molar-refractivity contribution < 1.29 is 17.9 Å². The third-order valence-electron chi connectivity index (χ3n) is 3.66. The monoisotopic (exact) mass is 312 g/mol. The van der Waals surface area contributed by atoms with Crippen molar-refractivity contribution >= 4 is 21.4 Å². The van der Waals surface area contributed by atoms with E-state index in [4.69, 9.17) is 4.74 Å². The lowest BCUT2D eigenvalue weighted by molar-refractivity contribution is -0.115. The van der Waals surface area contributed by atoms with Gasteiger partial charge in [0, 0.05) is 12.6 Å². The van der Waals surface area contributed by atoms with Crippen LogP contribution in [0.2, 0.25) is 0 Å². The molecule has 0 radical (unpaired) electrons. The van der Waals surface area contributed by atoms with Gasteiger partial charge in [-0.25, -0.2) is 13.4 Å². The summed E-state index contributed by atoms with van der Waals surface area (Å²) in [5.74, 6) is -0.140. The number of aromatic nitrogens is 1. The van der Waals surface area contributed by atoms with Crippen molar-refractivity contribution in [3.63, 3.8) is 0 Å². The molecule has 1 fully saturated rings. The van der Waals surface area contributed by atoms with E-state index in [0.29, 0.717) is 11.6 Å². The number of anilines is 1. The Bertz CT molecular complexity index is 595. The zero-order chi connectivity index (χ0) is 15.3. The Morgan fingerprint density at radius 2 is 2.14 bits per heavy atom. The molecule has 0 atom stereocenters. The van der Waals surface area contributed by atoms with Crippen molar-refractivity contribution in [3.8, 4) is 5.88 Å². The van der Waals surface area contributed by atoms with Gasteiger partial charge in [0.25, 0.3) is 0 Å². The maximum absolute atomic E-state index is 12.1. The number of sulfone groups is 1. The number of amides is 1. The lowest BCUT2D eigenvalue weighted by Gasteiger charge is -2.11. The quantitative estimate of drug-likeness (QED) is 0.865. The first-order valence-electron chi connectivity index (χ1n) is 7.03. The first-order chi connectivity index (χ1) is 10.0. The molecule has 1 aliphatic carbocycles. The predicted octanol–water partition coefficient (Wildman–Crippen LogP) is 1.78. The Hall–Kier alpha value is -1.63. The molecule has 1 aromatic heterocycles. The summed E-state index contributed by atoms with van der Waals surface area (Å²) in [7, 11) is -1.71. The van der Waals surface area contributed by atoms with Crippen LogP contribution in [0.4, 0.5) is 5.69 Å². The second-order valence-electron chi connectivity index (χ2n) is 5.13. The molecular formula is C14H20N2O4S. The van der Waals surface area contributed by atoms with Gasteiger partial charge >= 0.3 is 0 Å². The van der Waals surface area contributed by atoms with Gasteiger partial charge in [0.15, 0.2) is 9.84 Å². The minimum atomic E-state index is -3.17. The Morgan fingerprint density at radius 1 is 1.43 bits per heavy atom. The number of methoxy groups -OCH3 is 1. The van der Waals surface area contributed by atoms with Crippen molar-refractivity contribution in [1.29, 1.82) is 0 Å². The van der Waals surface area contributed by atoms with E-state index >= 15 is 0 Å². The predicted molar refractivity (Wildman–Crippen MR) is 80.1 cm³/mol. The number of carbonyl (C=O) groups is 1. The van der Waals surface area contributed by atoms with E-state index in [1.807, 2.05) is 0 Å². The van der Waals surface area contributed by atoms with E-state index in [2.05, 4.69) is 10.3 Å². The van der Waals surface area contributed by atoms with Crippen molar-refractivity contribution in [2.45, 2.75) is 37.4 Å². The minimum absolute atomic E-state index is 0.0448. The largest absolute Gasteiger partial charge is 0.480 e. The number of nitrogens with one attached hydrogen (secondary N) is 1. The molecule has 1 heterocycles. The first-order valence-corrected chi connectivity index (χ1v) is 8.75. The summed E-state index contributed by atoms with van der Waals surface area (Å²) in [6.45, 7) is 0. The van der Waals surface area contributed by atoms with Crippen molar-refractivity contribution in [1.82, 2.24) is 4.98 Å². The van der Waals surface area contributed by atoms with Crippen molar-refractivity contribution in [2.75, 3.05) is 18.2 Å². The fraction of sp³-hybridized carbons (Fsp3) is 0.571. The van der Waals surface area contributed by atoms with E-state index in [9.17, 15) is 13.2 Å². The molecule has 0 aromatic carbocycles. The van der Waals surface area contributed by atoms with Crippen LogP contribution in [-0.4, -0.2) is 37.4 Å². The summed E-state index contributed by atoms with van der Waals surface area (Å²) in [4.78, 5) is 15.9. The molecule has 1 amide bonds. The van der Waals surface area contributed by atoms with Crippen LogP contribution in [0.15, 0.2) is 18.3 Å². The maximum atomic E-state index is 12.1. The zero-order valence-electron chi connectivity index (χ0n) is 12.0. The third kappa shape index (κ3) is 4.17. The first kappa shape index (κ1) is 15.8. The van der Waals surface area contributed by atoms with Gasteiger partial charge in [-0.15, -0.1) is 0 Å². The number of hydrogen-bond donors (Lipinski definition) is 1. The molecule has 6 nitrogen and oxygen atoms in total. The fourth-order valence-corrected chi connectivity index (χ4v) is 4.37. The highest BCUT2D eigenvalue weighted by Crippen LogP contribution is 2.26. The summed E-state index contributed by atoms with van der Waals surface area (Å²) >= 11 is 0. The van der Waals surface area contributed by atoms with Gasteiger partial charge in [-0.1, -0.05) is 12.8 Å². The average molecular weight is 312 g/mol. The lowest BCUT2D eigenvalue weighted by atomic mass is 10.3. The number of pyridine rings is 1. The van der Waals surface area contributed by atoms with E-state index < -0.39 is 9.84 Å². The van der Waals surface area contributed by atoms with Crippen LogP contribution < -0.4 is 10.1 Å². The number of hydrogen-bond acceptors (Lipinski definition) is 5. The summed E-state index contributed by atoms with van der Waals surface area (Å²) in [5, 5.41) is 2.37. The van der Waals surface area contributed by atoms with Gasteiger partial charge < -0.3 is 10.1 Å².